The van der Waals surface area contributed by atoms with Gasteiger partial charge in [0.25, 0.3) is 11.6 Å². The van der Waals surface area contributed by atoms with Crippen molar-refractivity contribution in [2.45, 2.75) is 26.8 Å². The Labute approximate surface area is 111 Å². The maximum absolute atomic E-state index is 11.6. The minimum Gasteiger partial charge on any atom is -0.484 e. The summed E-state index contributed by atoms with van der Waals surface area (Å²) in [7, 11) is 0. The van der Waals surface area contributed by atoms with Crippen molar-refractivity contribution in [3.63, 3.8) is 0 Å². The number of hydrogen-bond donors (Lipinski definition) is 1. The van der Waals surface area contributed by atoms with Gasteiger partial charge in [-0.15, -0.1) is 0 Å². The van der Waals surface area contributed by atoms with Crippen molar-refractivity contribution in [3.8, 4) is 5.75 Å². The summed E-state index contributed by atoms with van der Waals surface area (Å²) in [5.74, 6) is 0.399. The van der Waals surface area contributed by atoms with Gasteiger partial charge < -0.3 is 10.1 Å². The van der Waals surface area contributed by atoms with Gasteiger partial charge in [0, 0.05) is 12.1 Å². The SMILES string of the molecule is CC(C)C(C)NC(=O)COc1cccc([N+](=O)[O-])c1. The van der Waals surface area contributed by atoms with Crippen LogP contribution in [0.25, 0.3) is 0 Å². The van der Waals surface area contributed by atoms with E-state index in [2.05, 4.69) is 5.32 Å². The standard InChI is InChI=1S/C13H18N2O4/c1-9(2)10(3)14-13(16)8-19-12-6-4-5-11(7-12)15(17)18/h4-7,9-10H,8H2,1-3H3,(H,14,16). The van der Waals surface area contributed by atoms with Gasteiger partial charge in [0.1, 0.15) is 5.75 Å². The van der Waals surface area contributed by atoms with Crippen LogP contribution in [0.15, 0.2) is 24.3 Å². The van der Waals surface area contributed by atoms with Crippen molar-refractivity contribution >= 4 is 11.6 Å². The summed E-state index contributed by atoms with van der Waals surface area (Å²) in [6, 6.07) is 5.81. The molecule has 0 saturated heterocycles. The van der Waals surface area contributed by atoms with Gasteiger partial charge >= 0.3 is 0 Å². The summed E-state index contributed by atoms with van der Waals surface area (Å²) in [6.07, 6.45) is 0. The Bertz CT molecular complexity index is 460. The minimum absolute atomic E-state index is 0.0567. The van der Waals surface area contributed by atoms with Crippen LogP contribution in [0.3, 0.4) is 0 Å². The van der Waals surface area contributed by atoms with Gasteiger partial charge in [-0.2, -0.15) is 0 Å². The molecule has 0 spiro atoms. The van der Waals surface area contributed by atoms with E-state index in [0.29, 0.717) is 11.7 Å². The molecule has 1 atom stereocenters. The number of ether oxygens (including phenoxy) is 1. The largest absolute Gasteiger partial charge is 0.484 e. The molecule has 1 amide bonds. The third-order valence-electron chi connectivity index (χ3n) is 2.79. The van der Waals surface area contributed by atoms with E-state index in [1.807, 2.05) is 20.8 Å². The zero-order valence-corrected chi connectivity index (χ0v) is 11.3. The second-order valence-corrected chi connectivity index (χ2v) is 4.64. The first kappa shape index (κ1) is 14.9. The van der Waals surface area contributed by atoms with E-state index in [9.17, 15) is 14.9 Å². The summed E-state index contributed by atoms with van der Waals surface area (Å²) >= 11 is 0. The Kier molecular flexibility index (Phi) is 5.29. The van der Waals surface area contributed by atoms with Crippen LogP contribution in [0.5, 0.6) is 5.75 Å². The van der Waals surface area contributed by atoms with Crippen LogP contribution >= 0.6 is 0 Å². The first-order valence-electron chi connectivity index (χ1n) is 6.06. The number of hydrogen-bond acceptors (Lipinski definition) is 4. The molecule has 0 aliphatic rings. The fourth-order valence-electron chi connectivity index (χ4n) is 1.30. The van der Waals surface area contributed by atoms with Gasteiger partial charge in [0.05, 0.1) is 11.0 Å². The van der Waals surface area contributed by atoms with E-state index in [1.165, 1.54) is 18.2 Å². The lowest BCUT2D eigenvalue weighted by atomic mass is 10.1. The van der Waals surface area contributed by atoms with Crippen LogP contribution in [0.2, 0.25) is 0 Å². The van der Waals surface area contributed by atoms with Crippen molar-refractivity contribution in [1.29, 1.82) is 0 Å². The van der Waals surface area contributed by atoms with E-state index < -0.39 is 4.92 Å². The first-order valence-corrected chi connectivity index (χ1v) is 6.06. The molecule has 104 valence electrons. The Morgan fingerprint density at radius 2 is 2.11 bits per heavy atom. The van der Waals surface area contributed by atoms with Crippen LogP contribution in [-0.2, 0) is 4.79 Å². The van der Waals surface area contributed by atoms with Crippen LogP contribution in [-0.4, -0.2) is 23.5 Å². The maximum atomic E-state index is 11.6. The third kappa shape index (κ3) is 4.95. The Morgan fingerprint density at radius 1 is 1.42 bits per heavy atom. The fourth-order valence-corrected chi connectivity index (χ4v) is 1.30. The number of rotatable bonds is 6. The lowest BCUT2D eigenvalue weighted by molar-refractivity contribution is -0.384. The molecule has 0 radical (unpaired) electrons. The lowest BCUT2D eigenvalue weighted by Crippen LogP contribution is -2.38. The van der Waals surface area contributed by atoms with Crippen molar-refractivity contribution in [1.82, 2.24) is 5.32 Å². The fraction of sp³-hybridized carbons (Fsp3) is 0.462. The number of carbonyl (C=O) groups is 1. The van der Waals surface area contributed by atoms with E-state index in [-0.39, 0.29) is 24.2 Å². The molecule has 6 nitrogen and oxygen atoms in total. The highest BCUT2D eigenvalue weighted by molar-refractivity contribution is 5.77. The molecular formula is C13H18N2O4. The average Bonchev–Trinajstić information content (AvgIpc) is 2.36. The third-order valence-corrected chi connectivity index (χ3v) is 2.79. The Balaban J connectivity index is 2.50. The molecule has 19 heavy (non-hydrogen) atoms. The van der Waals surface area contributed by atoms with E-state index >= 15 is 0 Å². The smallest absolute Gasteiger partial charge is 0.273 e. The molecule has 0 fully saturated rings. The second-order valence-electron chi connectivity index (χ2n) is 4.64. The summed E-state index contributed by atoms with van der Waals surface area (Å²) < 4.78 is 5.22. The van der Waals surface area contributed by atoms with Gasteiger partial charge in [-0.3, -0.25) is 14.9 Å². The van der Waals surface area contributed by atoms with Gasteiger partial charge in [0.15, 0.2) is 6.61 Å². The molecule has 1 rings (SSSR count). The zero-order valence-electron chi connectivity index (χ0n) is 11.3. The number of non-ortho nitro benzene ring substituents is 1. The normalized spacial score (nSPS) is 12.0. The zero-order chi connectivity index (χ0) is 14.4. The Hall–Kier alpha value is -2.11. The predicted octanol–water partition coefficient (Wildman–Crippen LogP) is 2.13. The summed E-state index contributed by atoms with van der Waals surface area (Å²) in [6.45, 7) is 5.77. The molecule has 0 aliphatic carbocycles. The number of nitro groups is 1. The highest BCUT2D eigenvalue weighted by Gasteiger charge is 2.12. The van der Waals surface area contributed by atoms with E-state index in [4.69, 9.17) is 4.74 Å². The molecule has 1 aromatic carbocycles. The number of benzene rings is 1. The predicted molar refractivity (Wildman–Crippen MR) is 71.0 cm³/mol. The number of amides is 1. The van der Waals surface area contributed by atoms with Crippen LogP contribution < -0.4 is 10.1 Å². The molecule has 1 unspecified atom stereocenters. The summed E-state index contributed by atoms with van der Waals surface area (Å²) in [5, 5.41) is 13.4. The van der Waals surface area contributed by atoms with E-state index in [1.54, 1.807) is 6.07 Å². The monoisotopic (exact) mass is 266 g/mol. The quantitative estimate of drug-likeness (QED) is 0.631. The molecule has 0 saturated carbocycles. The first-order chi connectivity index (χ1) is 8.90. The van der Waals surface area contributed by atoms with E-state index in [0.717, 1.165) is 0 Å². The van der Waals surface area contributed by atoms with Crippen LogP contribution in [0.4, 0.5) is 5.69 Å². The number of nitrogens with one attached hydrogen (secondary N) is 1. The molecule has 0 bridgehead atoms. The molecule has 0 heterocycles. The summed E-state index contributed by atoms with van der Waals surface area (Å²) in [4.78, 5) is 21.7. The van der Waals surface area contributed by atoms with Crippen LogP contribution in [0.1, 0.15) is 20.8 Å². The second kappa shape index (κ2) is 6.72. The highest BCUT2D eigenvalue weighted by atomic mass is 16.6. The molecule has 0 aliphatic heterocycles. The minimum atomic E-state index is -0.506. The van der Waals surface area contributed by atoms with Gasteiger partial charge in [-0.1, -0.05) is 19.9 Å². The van der Waals surface area contributed by atoms with Crippen molar-refractivity contribution < 1.29 is 14.5 Å². The number of carbonyl (C=O) groups excluding carboxylic acids is 1. The van der Waals surface area contributed by atoms with Gasteiger partial charge in [-0.25, -0.2) is 0 Å². The van der Waals surface area contributed by atoms with Crippen molar-refractivity contribution in [2.75, 3.05) is 6.61 Å². The van der Waals surface area contributed by atoms with Gasteiger partial charge in [-0.05, 0) is 18.9 Å². The maximum Gasteiger partial charge on any atom is 0.273 e. The van der Waals surface area contributed by atoms with Crippen molar-refractivity contribution in [3.05, 3.63) is 34.4 Å². The van der Waals surface area contributed by atoms with Crippen LogP contribution in [0, 0.1) is 16.0 Å². The van der Waals surface area contributed by atoms with Gasteiger partial charge in [0.2, 0.25) is 0 Å². The molecule has 1 N–H and O–H groups in total. The molecule has 6 heteroatoms. The molecule has 0 aromatic heterocycles. The molecular weight excluding hydrogens is 248 g/mol. The highest BCUT2D eigenvalue weighted by Crippen LogP contribution is 2.18. The topological polar surface area (TPSA) is 81.5 Å². The molecule has 1 aromatic rings. The Morgan fingerprint density at radius 3 is 2.68 bits per heavy atom. The number of nitrogens with zero attached hydrogens (tertiary/aromatic N) is 1. The summed E-state index contributed by atoms with van der Waals surface area (Å²) in [5.41, 5.74) is -0.0616. The average molecular weight is 266 g/mol. The number of nitro benzene ring substituents is 1. The van der Waals surface area contributed by atoms with Crippen molar-refractivity contribution in [2.24, 2.45) is 5.92 Å². The lowest BCUT2D eigenvalue weighted by Gasteiger charge is -2.17.